The van der Waals surface area contributed by atoms with Crippen molar-refractivity contribution >= 4 is 16.0 Å². The second kappa shape index (κ2) is 6.54. The summed E-state index contributed by atoms with van der Waals surface area (Å²) in [5.74, 6) is -2.54. The Balaban J connectivity index is 2.24. The van der Waals surface area contributed by atoms with Gasteiger partial charge in [-0.1, -0.05) is 0 Å². The Morgan fingerprint density at radius 3 is 2.61 bits per heavy atom. The molecule has 1 saturated heterocycles. The number of carboxylic acid groups (broad SMARTS) is 1. The third kappa shape index (κ3) is 4.07. The molecule has 2 N–H and O–H groups in total. The number of hydrogen-bond acceptors (Lipinski definition) is 4. The van der Waals surface area contributed by atoms with E-state index in [2.05, 4.69) is 4.72 Å². The topological polar surface area (TPSA) is 92.7 Å². The number of carbonyl (C=O) groups is 1. The summed E-state index contributed by atoms with van der Waals surface area (Å²) < 4.78 is 46.8. The van der Waals surface area contributed by atoms with Crippen molar-refractivity contribution in [2.45, 2.75) is 49.6 Å². The van der Waals surface area contributed by atoms with Crippen LogP contribution in [0.25, 0.3) is 0 Å². The standard InChI is InChI=1S/C15H20FNO5S/c1-15(2,13-5-3-4-8-22-13)17-23(20,21)10-6-7-11(14(18)19)12(16)9-10/h6-7,9,13,17H,3-5,8H2,1-2H3,(H,18,19). The van der Waals surface area contributed by atoms with Gasteiger partial charge >= 0.3 is 5.97 Å². The smallest absolute Gasteiger partial charge is 0.338 e. The van der Waals surface area contributed by atoms with Gasteiger partial charge in [-0.05, 0) is 51.3 Å². The van der Waals surface area contributed by atoms with Crippen molar-refractivity contribution in [2.24, 2.45) is 0 Å². The molecule has 0 saturated carbocycles. The molecule has 0 aliphatic carbocycles. The Bertz CT molecular complexity index is 696. The van der Waals surface area contributed by atoms with Gasteiger partial charge in [0.05, 0.1) is 22.1 Å². The van der Waals surface area contributed by atoms with Crippen molar-refractivity contribution in [3.8, 4) is 0 Å². The molecule has 1 heterocycles. The number of benzene rings is 1. The van der Waals surface area contributed by atoms with Gasteiger partial charge < -0.3 is 9.84 Å². The van der Waals surface area contributed by atoms with Gasteiger partial charge in [-0.2, -0.15) is 0 Å². The molecule has 6 nitrogen and oxygen atoms in total. The molecule has 23 heavy (non-hydrogen) atoms. The molecular weight excluding hydrogens is 325 g/mol. The van der Waals surface area contributed by atoms with Crippen LogP contribution in [0.3, 0.4) is 0 Å². The number of carboxylic acids is 1. The summed E-state index contributed by atoms with van der Waals surface area (Å²) in [5.41, 5.74) is -1.43. The summed E-state index contributed by atoms with van der Waals surface area (Å²) in [4.78, 5) is 10.5. The van der Waals surface area contributed by atoms with Crippen molar-refractivity contribution in [1.29, 1.82) is 0 Å². The molecule has 1 fully saturated rings. The second-order valence-corrected chi connectivity index (χ2v) is 7.81. The molecule has 1 aromatic carbocycles. The van der Waals surface area contributed by atoms with Crippen LogP contribution in [0.5, 0.6) is 0 Å². The zero-order valence-electron chi connectivity index (χ0n) is 13.0. The molecule has 1 atom stereocenters. The van der Waals surface area contributed by atoms with Gasteiger partial charge in [0.25, 0.3) is 0 Å². The van der Waals surface area contributed by atoms with Crippen LogP contribution in [0.4, 0.5) is 4.39 Å². The van der Waals surface area contributed by atoms with Gasteiger partial charge in [0.2, 0.25) is 10.0 Å². The maximum atomic E-state index is 13.7. The third-order valence-electron chi connectivity index (χ3n) is 3.86. The first-order valence-corrected chi connectivity index (χ1v) is 8.80. The monoisotopic (exact) mass is 345 g/mol. The number of hydrogen-bond donors (Lipinski definition) is 2. The van der Waals surface area contributed by atoms with Crippen molar-refractivity contribution in [2.75, 3.05) is 6.61 Å². The highest BCUT2D eigenvalue weighted by Crippen LogP contribution is 2.25. The highest BCUT2D eigenvalue weighted by Gasteiger charge is 2.36. The molecule has 1 aromatic rings. The maximum absolute atomic E-state index is 13.7. The molecule has 0 spiro atoms. The first kappa shape index (κ1) is 17.8. The predicted molar refractivity (Wildman–Crippen MR) is 81.4 cm³/mol. The van der Waals surface area contributed by atoms with Gasteiger partial charge in [-0.15, -0.1) is 0 Å². The van der Waals surface area contributed by atoms with E-state index in [1.54, 1.807) is 13.8 Å². The number of nitrogens with one attached hydrogen (secondary N) is 1. The molecule has 0 amide bonds. The molecule has 128 valence electrons. The molecule has 2 rings (SSSR count). The number of halogens is 1. The SMILES string of the molecule is CC(C)(NS(=O)(=O)c1ccc(C(=O)O)c(F)c1)C1CCCCO1. The highest BCUT2D eigenvalue weighted by atomic mass is 32.2. The summed E-state index contributed by atoms with van der Waals surface area (Å²) in [6.07, 6.45) is 2.37. The van der Waals surface area contributed by atoms with E-state index in [0.29, 0.717) is 12.7 Å². The second-order valence-electron chi connectivity index (χ2n) is 6.13. The maximum Gasteiger partial charge on any atom is 0.338 e. The van der Waals surface area contributed by atoms with E-state index in [1.165, 1.54) is 0 Å². The molecule has 0 bridgehead atoms. The highest BCUT2D eigenvalue weighted by molar-refractivity contribution is 7.89. The van der Waals surface area contributed by atoms with Crippen molar-refractivity contribution in [3.05, 3.63) is 29.6 Å². The Kier molecular flexibility index (Phi) is 5.07. The fourth-order valence-corrected chi connectivity index (χ4v) is 4.07. The van der Waals surface area contributed by atoms with E-state index in [9.17, 15) is 17.6 Å². The number of sulfonamides is 1. The van der Waals surface area contributed by atoms with E-state index in [4.69, 9.17) is 9.84 Å². The number of ether oxygens (including phenoxy) is 1. The third-order valence-corrected chi connectivity index (χ3v) is 5.53. The van der Waals surface area contributed by atoms with Crippen LogP contribution in [0.1, 0.15) is 43.5 Å². The first-order chi connectivity index (χ1) is 10.6. The summed E-state index contributed by atoms with van der Waals surface area (Å²) in [6.45, 7) is 4.00. The lowest BCUT2D eigenvalue weighted by atomic mass is 9.92. The summed E-state index contributed by atoms with van der Waals surface area (Å²) in [5, 5.41) is 8.79. The van der Waals surface area contributed by atoms with Gasteiger partial charge in [-0.25, -0.2) is 22.3 Å². The summed E-state index contributed by atoms with van der Waals surface area (Å²) in [7, 11) is -4.00. The zero-order chi connectivity index (χ0) is 17.3. The molecule has 8 heteroatoms. The summed E-state index contributed by atoms with van der Waals surface area (Å²) in [6, 6.07) is 2.73. The van der Waals surface area contributed by atoms with Crippen LogP contribution in [-0.2, 0) is 14.8 Å². The molecule has 0 radical (unpaired) electrons. The minimum Gasteiger partial charge on any atom is -0.478 e. The average Bonchev–Trinajstić information content (AvgIpc) is 2.46. The minimum absolute atomic E-state index is 0.269. The minimum atomic E-state index is -4.00. The van der Waals surface area contributed by atoms with Crippen LogP contribution in [0, 0.1) is 5.82 Å². The van der Waals surface area contributed by atoms with E-state index in [0.717, 1.165) is 31.4 Å². The average molecular weight is 345 g/mol. The van der Waals surface area contributed by atoms with Crippen LogP contribution >= 0.6 is 0 Å². The Hall–Kier alpha value is -1.51. The molecular formula is C15H20FNO5S. The van der Waals surface area contributed by atoms with Crippen LogP contribution in [-0.4, -0.2) is 37.7 Å². The van der Waals surface area contributed by atoms with Gasteiger partial charge in [0, 0.05) is 6.61 Å². The van der Waals surface area contributed by atoms with E-state index in [1.807, 2.05) is 0 Å². The normalized spacial score (nSPS) is 19.5. The molecule has 1 aliphatic heterocycles. The van der Waals surface area contributed by atoms with E-state index >= 15 is 0 Å². The molecule has 0 aromatic heterocycles. The fourth-order valence-electron chi connectivity index (χ4n) is 2.62. The Morgan fingerprint density at radius 1 is 1.39 bits per heavy atom. The fraction of sp³-hybridized carbons (Fsp3) is 0.533. The number of rotatable bonds is 5. The zero-order valence-corrected chi connectivity index (χ0v) is 13.8. The largest absolute Gasteiger partial charge is 0.478 e. The van der Waals surface area contributed by atoms with Crippen molar-refractivity contribution in [1.82, 2.24) is 4.72 Å². The Labute approximate surface area is 134 Å². The lowest BCUT2D eigenvalue weighted by Gasteiger charge is -2.37. The van der Waals surface area contributed by atoms with Gasteiger partial charge in [-0.3, -0.25) is 0 Å². The van der Waals surface area contributed by atoms with E-state index in [-0.39, 0.29) is 11.0 Å². The van der Waals surface area contributed by atoms with Crippen LogP contribution < -0.4 is 4.72 Å². The first-order valence-electron chi connectivity index (χ1n) is 7.32. The quantitative estimate of drug-likeness (QED) is 0.853. The van der Waals surface area contributed by atoms with E-state index < -0.39 is 32.9 Å². The lowest BCUT2D eigenvalue weighted by Crippen LogP contribution is -2.53. The predicted octanol–water partition coefficient (Wildman–Crippen LogP) is 2.15. The van der Waals surface area contributed by atoms with Crippen LogP contribution in [0.15, 0.2) is 23.1 Å². The van der Waals surface area contributed by atoms with Crippen molar-refractivity contribution < 1.29 is 27.4 Å². The van der Waals surface area contributed by atoms with Gasteiger partial charge in [0.15, 0.2) is 0 Å². The van der Waals surface area contributed by atoms with Crippen LogP contribution in [0.2, 0.25) is 0 Å². The van der Waals surface area contributed by atoms with Crippen molar-refractivity contribution in [3.63, 3.8) is 0 Å². The Morgan fingerprint density at radius 2 is 2.09 bits per heavy atom. The molecule has 1 aliphatic rings. The lowest BCUT2D eigenvalue weighted by molar-refractivity contribution is -0.0272. The molecule has 1 unspecified atom stereocenters. The number of aromatic carboxylic acids is 1. The van der Waals surface area contributed by atoms with Gasteiger partial charge in [0.1, 0.15) is 5.82 Å². The summed E-state index contributed by atoms with van der Waals surface area (Å²) >= 11 is 0.